The Bertz CT molecular complexity index is 2630. The Hall–Kier alpha value is -5.93. The number of pyridine rings is 1. The fourth-order valence-corrected chi connectivity index (χ4v) is 7.18. The quantitative estimate of drug-likeness (QED) is 0.197. The van der Waals surface area contributed by atoms with Gasteiger partial charge in [-0.15, -0.1) is 0 Å². The highest BCUT2D eigenvalue weighted by molar-refractivity contribution is 6.22. The molecule has 3 heterocycles. The van der Waals surface area contributed by atoms with Gasteiger partial charge in [0, 0.05) is 27.4 Å². The molecule has 0 saturated heterocycles. The molecule has 0 atom stereocenters. The number of para-hydroxylation sites is 2. The summed E-state index contributed by atoms with van der Waals surface area (Å²) in [6, 6.07) is 51.9. The highest BCUT2D eigenvalue weighted by Gasteiger charge is 2.23. The molecule has 0 spiro atoms. The third kappa shape index (κ3) is 3.24. The Balaban J connectivity index is 1.24. The van der Waals surface area contributed by atoms with Gasteiger partial charge in [-0.05, 0) is 81.9 Å². The molecule has 1 aliphatic rings. The molecule has 0 bridgehead atoms. The first kappa shape index (κ1) is 23.6. The second-order valence-electron chi connectivity index (χ2n) is 11.6. The fraction of sp³-hybridized carbons (Fsp3) is 0. The lowest BCUT2D eigenvalue weighted by molar-refractivity contribution is 0.486. The second kappa shape index (κ2) is 8.79. The van der Waals surface area contributed by atoms with Gasteiger partial charge in [-0.2, -0.15) is 0 Å². The van der Waals surface area contributed by atoms with Gasteiger partial charge in [0.2, 0.25) is 0 Å². The Kier molecular flexibility index (Phi) is 4.72. The molecule has 204 valence electrons. The largest absolute Gasteiger partial charge is 0.456 e. The summed E-state index contributed by atoms with van der Waals surface area (Å²) in [7, 11) is 0. The van der Waals surface area contributed by atoms with E-state index in [1.165, 1.54) is 38.1 Å². The maximum absolute atomic E-state index is 6.33. The molecule has 0 amide bonds. The Labute approximate surface area is 253 Å². The van der Waals surface area contributed by atoms with Gasteiger partial charge in [0.15, 0.2) is 0 Å². The normalized spacial score (nSPS) is 12.3. The average molecular weight is 561 g/mol. The van der Waals surface area contributed by atoms with E-state index in [0.717, 1.165) is 55.7 Å². The molecule has 1 aliphatic heterocycles. The molecule has 44 heavy (non-hydrogen) atoms. The predicted molar refractivity (Wildman–Crippen MR) is 182 cm³/mol. The van der Waals surface area contributed by atoms with E-state index in [9.17, 15) is 0 Å². The van der Waals surface area contributed by atoms with Crippen LogP contribution < -0.4 is 4.74 Å². The SMILES string of the molecule is c1ccc(-n2c3cc(-c4ccc5nc6c7c(cccc7c5c4)Oc4ccccc4-6)ccc3c3c4ccccc4ccc32)cc1. The first-order valence-electron chi connectivity index (χ1n) is 15.0. The van der Waals surface area contributed by atoms with Crippen molar-refractivity contribution in [1.29, 1.82) is 0 Å². The average Bonchev–Trinajstić information content (AvgIpc) is 3.43. The Morgan fingerprint density at radius 3 is 2.20 bits per heavy atom. The summed E-state index contributed by atoms with van der Waals surface area (Å²) in [6.45, 7) is 0. The number of nitrogens with zero attached hydrogens (tertiary/aromatic N) is 2. The van der Waals surface area contributed by atoms with Gasteiger partial charge >= 0.3 is 0 Å². The third-order valence-electron chi connectivity index (χ3n) is 9.15. The van der Waals surface area contributed by atoms with E-state index in [1.807, 2.05) is 24.3 Å². The molecule has 0 radical (unpaired) electrons. The van der Waals surface area contributed by atoms with Gasteiger partial charge in [0.25, 0.3) is 0 Å². The smallest absolute Gasteiger partial charge is 0.137 e. The van der Waals surface area contributed by atoms with Crippen LogP contribution in [0.1, 0.15) is 0 Å². The van der Waals surface area contributed by atoms with Gasteiger partial charge in [0.05, 0.1) is 27.6 Å². The highest BCUT2D eigenvalue weighted by atomic mass is 16.5. The molecule has 2 aromatic heterocycles. The zero-order valence-corrected chi connectivity index (χ0v) is 23.7. The lowest BCUT2D eigenvalue weighted by Gasteiger charge is -2.21. The maximum atomic E-state index is 6.33. The van der Waals surface area contributed by atoms with Crippen molar-refractivity contribution in [3.63, 3.8) is 0 Å². The number of rotatable bonds is 2. The minimum Gasteiger partial charge on any atom is -0.456 e. The van der Waals surface area contributed by atoms with Crippen LogP contribution in [0.15, 0.2) is 146 Å². The number of hydrogen-bond donors (Lipinski definition) is 0. The van der Waals surface area contributed by atoms with Crippen molar-refractivity contribution in [2.75, 3.05) is 0 Å². The van der Waals surface area contributed by atoms with E-state index in [2.05, 4.69) is 126 Å². The van der Waals surface area contributed by atoms with E-state index in [-0.39, 0.29) is 0 Å². The lowest BCUT2D eigenvalue weighted by Crippen LogP contribution is -1.99. The highest BCUT2D eigenvalue weighted by Crippen LogP contribution is 2.47. The van der Waals surface area contributed by atoms with E-state index in [0.29, 0.717) is 0 Å². The van der Waals surface area contributed by atoms with Crippen molar-refractivity contribution in [2.45, 2.75) is 0 Å². The van der Waals surface area contributed by atoms with Crippen LogP contribution in [0, 0.1) is 0 Å². The lowest BCUT2D eigenvalue weighted by atomic mass is 9.95. The third-order valence-corrected chi connectivity index (χ3v) is 9.15. The van der Waals surface area contributed by atoms with Crippen LogP contribution in [-0.2, 0) is 0 Å². The van der Waals surface area contributed by atoms with Gasteiger partial charge in [-0.25, -0.2) is 4.98 Å². The summed E-state index contributed by atoms with van der Waals surface area (Å²) in [5.41, 5.74) is 8.90. The molecule has 0 N–H and O–H groups in total. The van der Waals surface area contributed by atoms with Gasteiger partial charge in [-0.1, -0.05) is 91.0 Å². The summed E-state index contributed by atoms with van der Waals surface area (Å²) in [4.78, 5) is 5.19. The summed E-state index contributed by atoms with van der Waals surface area (Å²) in [5.74, 6) is 1.71. The molecule has 0 unspecified atom stereocenters. The van der Waals surface area contributed by atoms with Crippen molar-refractivity contribution >= 4 is 54.3 Å². The topological polar surface area (TPSA) is 27.1 Å². The minimum absolute atomic E-state index is 0.853. The first-order chi connectivity index (χ1) is 21.8. The first-order valence-corrected chi connectivity index (χ1v) is 15.0. The van der Waals surface area contributed by atoms with Crippen LogP contribution in [0.5, 0.6) is 11.5 Å². The van der Waals surface area contributed by atoms with Crippen molar-refractivity contribution < 1.29 is 4.74 Å². The molecule has 0 saturated carbocycles. The van der Waals surface area contributed by atoms with Crippen molar-refractivity contribution in [3.8, 4) is 39.6 Å². The monoisotopic (exact) mass is 560 g/mol. The molecule has 0 fully saturated rings. The molecule has 0 aliphatic carbocycles. The van der Waals surface area contributed by atoms with E-state index < -0.39 is 0 Å². The van der Waals surface area contributed by atoms with E-state index >= 15 is 0 Å². The summed E-state index contributed by atoms with van der Waals surface area (Å²) in [5, 5.41) is 8.43. The van der Waals surface area contributed by atoms with Crippen LogP contribution in [0.3, 0.4) is 0 Å². The Morgan fingerprint density at radius 2 is 1.25 bits per heavy atom. The van der Waals surface area contributed by atoms with Gasteiger partial charge in [-0.3, -0.25) is 0 Å². The second-order valence-corrected chi connectivity index (χ2v) is 11.6. The van der Waals surface area contributed by atoms with Crippen LogP contribution >= 0.6 is 0 Å². The summed E-state index contributed by atoms with van der Waals surface area (Å²) < 4.78 is 8.73. The van der Waals surface area contributed by atoms with Crippen LogP contribution in [0.4, 0.5) is 0 Å². The zero-order chi connectivity index (χ0) is 28.8. The molecule has 9 aromatic rings. The van der Waals surface area contributed by atoms with Crippen LogP contribution in [0.25, 0.3) is 82.3 Å². The van der Waals surface area contributed by atoms with Gasteiger partial charge in [0.1, 0.15) is 11.5 Å². The molecule has 10 rings (SSSR count). The molecular weight excluding hydrogens is 536 g/mol. The summed E-state index contributed by atoms with van der Waals surface area (Å²) >= 11 is 0. The van der Waals surface area contributed by atoms with Crippen molar-refractivity contribution in [3.05, 3.63) is 146 Å². The molecular formula is C41H24N2O. The Morgan fingerprint density at radius 1 is 0.477 bits per heavy atom. The molecule has 3 heteroatoms. The fourth-order valence-electron chi connectivity index (χ4n) is 7.18. The van der Waals surface area contributed by atoms with Crippen molar-refractivity contribution in [1.82, 2.24) is 9.55 Å². The summed E-state index contributed by atoms with van der Waals surface area (Å²) in [6.07, 6.45) is 0. The number of fused-ring (bicyclic) bond motifs is 9. The maximum Gasteiger partial charge on any atom is 0.137 e. The molecule has 7 aromatic carbocycles. The minimum atomic E-state index is 0.853. The number of hydrogen-bond acceptors (Lipinski definition) is 2. The van der Waals surface area contributed by atoms with Crippen LogP contribution in [0.2, 0.25) is 0 Å². The number of aromatic nitrogens is 2. The zero-order valence-electron chi connectivity index (χ0n) is 23.7. The van der Waals surface area contributed by atoms with Gasteiger partial charge < -0.3 is 9.30 Å². The molecule has 3 nitrogen and oxygen atoms in total. The number of benzene rings is 7. The van der Waals surface area contributed by atoms with Crippen molar-refractivity contribution in [2.24, 2.45) is 0 Å². The number of ether oxygens (including phenoxy) is 1. The predicted octanol–water partition coefficient (Wildman–Crippen LogP) is 11.1. The van der Waals surface area contributed by atoms with E-state index in [1.54, 1.807) is 0 Å². The standard InChI is InChI=1S/C41H24N2O/c1-2-10-28(11-3-1)43-35-22-19-25-9-4-5-12-29(25)39(35)31-20-17-27(24-36(31)43)26-18-21-34-33(23-26)30-14-8-16-38-40(30)41(42-34)32-13-6-7-15-37(32)44-38/h1-24H. The van der Waals surface area contributed by atoms with Crippen LogP contribution in [-0.4, -0.2) is 9.55 Å². The van der Waals surface area contributed by atoms with E-state index in [4.69, 9.17) is 9.72 Å².